The number of hydrogen-bond donors (Lipinski definition) is 1. The van der Waals surface area contributed by atoms with Gasteiger partial charge < -0.3 is 5.32 Å². The van der Waals surface area contributed by atoms with Gasteiger partial charge >= 0.3 is 0 Å². The van der Waals surface area contributed by atoms with E-state index in [-0.39, 0.29) is 5.56 Å². The molecule has 1 aliphatic carbocycles. The molecule has 11 nitrogen and oxygen atoms in total. The molecule has 1 aliphatic rings. The molecular formula is C13H12N6O5. The summed E-state index contributed by atoms with van der Waals surface area (Å²) in [5.41, 5.74) is 7.25. The Hall–Kier alpha value is -3.46. The number of benzene rings is 1. The van der Waals surface area contributed by atoms with E-state index in [1.165, 1.54) is 0 Å². The van der Waals surface area contributed by atoms with Crippen LogP contribution in [0.3, 0.4) is 0 Å². The van der Waals surface area contributed by atoms with Gasteiger partial charge in [-0.3, -0.25) is 25.0 Å². The molecular weight excluding hydrogens is 320 g/mol. The van der Waals surface area contributed by atoms with Crippen molar-refractivity contribution in [1.82, 2.24) is 5.32 Å². The van der Waals surface area contributed by atoms with E-state index in [2.05, 4.69) is 15.3 Å². The molecule has 0 aromatic heterocycles. The summed E-state index contributed by atoms with van der Waals surface area (Å²) in [5, 5.41) is 27.9. The highest BCUT2D eigenvalue weighted by Crippen LogP contribution is 2.23. The zero-order valence-electron chi connectivity index (χ0n) is 12.2. The molecule has 1 N–H and O–H groups in total. The maximum absolute atomic E-state index is 12.3. The predicted octanol–water partition coefficient (Wildman–Crippen LogP) is 2.63. The van der Waals surface area contributed by atoms with E-state index in [1.807, 2.05) is 12.2 Å². The van der Waals surface area contributed by atoms with Crippen LogP contribution in [0.15, 0.2) is 35.5 Å². The van der Waals surface area contributed by atoms with Crippen molar-refractivity contribution in [2.45, 2.75) is 24.9 Å². The van der Waals surface area contributed by atoms with Crippen molar-refractivity contribution in [3.05, 3.63) is 66.6 Å². The summed E-state index contributed by atoms with van der Waals surface area (Å²) in [7, 11) is 0. The molecule has 0 saturated carbocycles. The molecule has 11 heteroatoms. The highest BCUT2D eigenvalue weighted by atomic mass is 16.6. The second-order valence-electron chi connectivity index (χ2n) is 5.05. The maximum atomic E-state index is 12.3. The fourth-order valence-corrected chi connectivity index (χ4v) is 2.34. The fourth-order valence-electron chi connectivity index (χ4n) is 2.34. The number of amides is 1. The van der Waals surface area contributed by atoms with Gasteiger partial charge in [-0.25, -0.2) is 0 Å². The Morgan fingerprint density at radius 2 is 1.75 bits per heavy atom. The van der Waals surface area contributed by atoms with Crippen LogP contribution >= 0.6 is 0 Å². The molecule has 124 valence electrons. The molecule has 2 rings (SSSR count). The van der Waals surface area contributed by atoms with Crippen molar-refractivity contribution in [2.75, 3.05) is 0 Å². The molecule has 0 heterocycles. The van der Waals surface area contributed by atoms with Crippen LogP contribution in [0.2, 0.25) is 0 Å². The van der Waals surface area contributed by atoms with Crippen LogP contribution in [0, 0.1) is 20.2 Å². The summed E-state index contributed by atoms with van der Waals surface area (Å²) in [4.78, 5) is 35.1. The zero-order chi connectivity index (χ0) is 17.7. The van der Waals surface area contributed by atoms with E-state index < -0.39 is 39.2 Å². The van der Waals surface area contributed by atoms with Gasteiger partial charge in [0, 0.05) is 23.1 Å². The van der Waals surface area contributed by atoms with Gasteiger partial charge in [-0.05, 0) is 18.4 Å². The minimum absolute atomic E-state index is 0.204. The largest absolute Gasteiger partial charge is 0.349 e. The van der Waals surface area contributed by atoms with Gasteiger partial charge in [0.25, 0.3) is 17.3 Å². The molecule has 0 radical (unpaired) electrons. The molecule has 1 amide bonds. The SMILES string of the molecule is [N-]=[N+]=N[C@H]1CC=CC[C@@H]1NC(=O)c1cc([N+](=O)[O-])cc([N+](=O)[O-])c1. The highest BCUT2D eigenvalue weighted by molar-refractivity contribution is 5.95. The molecule has 24 heavy (non-hydrogen) atoms. The number of non-ortho nitro benzene ring substituents is 2. The van der Waals surface area contributed by atoms with Gasteiger partial charge in [0.05, 0.1) is 27.5 Å². The van der Waals surface area contributed by atoms with Crippen molar-refractivity contribution in [1.29, 1.82) is 0 Å². The maximum Gasteiger partial charge on any atom is 0.277 e. The Morgan fingerprint density at radius 3 is 2.29 bits per heavy atom. The summed E-state index contributed by atoms with van der Waals surface area (Å²) < 4.78 is 0. The minimum atomic E-state index is -0.810. The summed E-state index contributed by atoms with van der Waals surface area (Å²) >= 11 is 0. The number of nitro groups is 2. The van der Waals surface area contributed by atoms with E-state index >= 15 is 0 Å². The number of nitro benzene ring substituents is 2. The topological polar surface area (TPSA) is 164 Å². The molecule has 0 spiro atoms. The molecule has 0 saturated heterocycles. The molecule has 1 aromatic rings. The Bertz CT molecular complexity index is 738. The van der Waals surface area contributed by atoms with E-state index in [0.717, 1.165) is 18.2 Å². The monoisotopic (exact) mass is 332 g/mol. The van der Waals surface area contributed by atoms with Gasteiger partial charge in [-0.15, -0.1) is 0 Å². The second kappa shape index (κ2) is 7.20. The first kappa shape index (κ1) is 16.9. The van der Waals surface area contributed by atoms with Crippen molar-refractivity contribution < 1.29 is 14.6 Å². The normalized spacial score (nSPS) is 19.2. The molecule has 0 aliphatic heterocycles. The number of rotatable bonds is 5. The van der Waals surface area contributed by atoms with Crippen molar-refractivity contribution in [3.63, 3.8) is 0 Å². The van der Waals surface area contributed by atoms with Crippen LogP contribution in [0.5, 0.6) is 0 Å². The van der Waals surface area contributed by atoms with Crippen molar-refractivity contribution in [2.24, 2.45) is 5.11 Å². The van der Waals surface area contributed by atoms with Crippen LogP contribution in [0.25, 0.3) is 10.4 Å². The third-order valence-corrected chi connectivity index (χ3v) is 3.50. The van der Waals surface area contributed by atoms with Gasteiger partial charge in [-0.2, -0.15) is 0 Å². The third-order valence-electron chi connectivity index (χ3n) is 3.50. The highest BCUT2D eigenvalue weighted by Gasteiger charge is 2.25. The van der Waals surface area contributed by atoms with E-state index in [1.54, 1.807) is 0 Å². The minimum Gasteiger partial charge on any atom is -0.349 e. The summed E-state index contributed by atoms with van der Waals surface area (Å²) in [6.45, 7) is 0. The standard InChI is InChI=1S/C13H12N6O5/c14-17-16-12-4-2-1-3-11(12)15-13(20)8-5-9(18(21)22)7-10(6-8)19(23)24/h1-2,5-7,11-12H,3-4H2,(H,15,20)/t11-,12-/m0/s1. The number of hydrogen-bond acceptors (Lipinski definition) is 6. The number of carbonyl (C=O) groups is 1. The number of nitrogens with zero attached hydrogens (tertiary/aromatic N) is 5. The first-order chi connectivity index (χ1) is 11.4. The Labute approximate surface area is 134 Å². The van der Waals surface area contributed by atoms with Crippen LogP contribution in [-0.2, 0) is 0 Å². The van der Waals surface area contributed by atoms with Crippen molar-refractivity contribution in [3.8, 4) is 0 Å². The lowest BCUT2D eigenvalue weighted by atomic mass is 9.96. The smallest absolute Gasteiger partial charge is 0.277 e. The lowest BCUT2D eigenvalue weighted by molar-refractivity contribution is -0.394. The Morgan fingerprint density at radius 1 is 1.17 bits per heavy atom. The predicted molar refractivity (Wildman–Crippen MR) is 82.3 cm³/mol. The molecule has 0 bridgehead atoms. The third kappa shape index (κ3) is 3.84. The van der Waals surface area contributed by atoms with Crippen LogP contribution in [0.4, 0.5) is 11.4 Å². The van der Waals surface area contributed by atoms with Gasteiger partial charge in [-0.1, -0.05) is 17.3 Å². The fraction of sp³-hybridized carbons (Fsp3) is 0.308. The van der Waals surface area contributed by atoms with Gasteiger partial charge in [0.1, 0.15) is 0 Å². The second-order valence-corrected chi connectivity index (χ2v) is 5.05. The Kier molecular flexibility index (Phi) is 5.07. The van der Waals surface area contributed by atoms with E-state index in [9.17, 15) is 25.0 Å². The molecule has 0 unspecified atom stereocenters. The molecule has 1 aromatic carbocycles. The van der Waals surface area contributed by atoms with Crippen LogP contribution < -0.4 is 5.32 Å². The first-order valence-corrected chi connectivity index (χ1v) is 6.86. The van der Waals surface area contributed by atoms with E-state index in [0.29, 0.717) is 12.8 Å². The van der Waals surface area contributed by atoms with Gasteiger partial charge in [0.2, 0.25) is 0 Å². The van der Waals surface area contributed by atoms with Crippen LogP contribution in [0.1, 0.15) is 23.2 Å². The van der Waals surface area contributed by atoms with E-state index in [4.69, 9.17) is 5.53 Å². The summed E-state index contributed by atoms with van der Waals surface area (Å²) in [5.74, 6) is -0.708. The summed E-state index contributed by atoms with van der Waals surface area (Å²) in [6.07, 6.45) is 4.50. The quantitative estimate of drug-likeness (QED) is 0.218. The van der Waals surface area contributed by atoms with Crippen LogP contribution in [-0.4, -0.2) is 27.8 Å². The molecule has 0 fully saturated rings. The Balaban J connectivity index is 2.28. The molecule has 2 atom stereocenters. The van der Waals surface area contributed by atoms with Gasteiger partial charge in [0.15, 0.2) is 0 Å². The number of carbonyl (C=O) groups excluding carboxylic acids is 1. The number of azide groups is 1. The average molecular weight is 332 g/mol. The van der Waals surface area contributed by atoms with Crippen molar-refractivity contribution >= 4 is 17.3 Å². The lowest BCUT2D eigenvalue weighted by Gasteiger charge is -2.25. The summed E-state index contributed by atoms with van der Waals surface area (Å²) in [6, 6.07) is 1.73. The first-order valence-electron chi connectivity index (χ1n) is 6.86. The average Bonchev–Trinajstić information content (AvgIpc) is 2.56. The zero-order valence-corrected chi connectivity index (χ0v) is 12.2. The number of nitrogens with one attached hydrogen (secondary N) is 1. The lowest BCUT2D eigenvalue weighted by Crippen LogP contribution is -2.43.